The van der Waals surface area contributed by atoms with Crippen molar-refractivity contribution in [3.05, 3.63) is 28.7 Å². The summed E-state index contributed by atoms with van der Waals surface area (Å²) in [4.78, 5) is 25.3. The highest BCUT2D eigenvalue weighted by atomic mass is 16.5. The molecule has 0 radical (unpaired) electrons. The Morgan fingerprint density at radius 2 is 2.06 bits per heavy atom. The number of rotatable bonds is 1. The zero-order valence-electron chi connectivity index (χ0n) is 9.87. The molecule has 2 aromatic rings. The number of aromatic amines is 1. The van der Waals surface area contributed by atoms with Crippen LogP contribution >= 0.6 is 0 Å². The van der Waals surface area contributed by atoms with Crippen molar-refractivity contribution in [2.75, 3.05) is 0 Å². The summed E-state index contributed by atoms with van der Waals surface area (Å²) in [5, 5.41) is 0. The van der Waals surface area contributed by atoms with Crippen molar-refractivity contribution in [2.24, 2.45) is 5.41 Å². The van der Waals surface area contributed by atoms with Crippen molar-refractivity contribution >= 4 is 17.1 Å². The fourth-order valence-electron chi connectivity index (χ4n) is 1.28. The molecule has 0 unspecified atom stereocenters. The molecule has 0 atom stereocenters. The first-order chi connectivity index (χ1) is 7.88. The van der Waals surface area contributed by atoms with Crippen LogP contribution in [-0.4, -0.2) is 11.0 Å². The van der Waals surface area contributed by atoms with Crippen molar-refractivity contribution in [3.8, 4) is 5.75 Å². The van der Waals surface area contributed by atoms with Gasteiger partial charge in [0.2, 0.25) is 0 Å². The van der Waals surface area contributed by atoms with Crippen LogP contribution in [0.1, 0.15) is 20.8 Å². The molecule has 0 aliphatic rings. The molecular formula is C12H13NO4. The average molecular weight is 235 g/mol. The van der Waals surface area contributed by atoms with Crippen molar-refractivity contribution in [2.45, 2.75) is 20.8 Å². The molecule has 0 saturated carbocycles. The zero-order chi connectivity index (χ0) is 12.6. The summed E-state index contributed by atoms with van der Waals surface area (Å²) in [7, 11) is 0. The molecule has 1 heterocycles. The number of carbonyl (C=O) groups is 1. The van der Waals surface area contributed by atoms with Crippen LogP contribution in [0.4, 0.5) is 0 Å². The van der Waals surface area contributed by atoms with E-state index in [1.54, 1.807) is 39.0 Å². The van der Waals surface area contributed by atoms with Gasteiger partial charge in [0.1, 0.15) is 5.52 Å². The Balaban J connectivity index is 2.43. The molecule has 2 rings (SSSR count). The van der Waals surface area contributed by atoms with E-state index in [0.717, 1.165) is 0 Å². The van der Waals surface area contributed by atoms with Gasteiger partial charge in [0.05, 0.1) is 5.41 Å². The number of hydrogen-bond donors (Lipinski definition) is 1. The van der Waals surface area contributed by atoms with Crippen LogP contribution in [0.2, 0.25) is 0 Å². The predicted molar refractivity (Wildman–Crippen MR) is 61.9 cm³/mol. The van der Waals surface area contributed by atoms with E-state index in [2.05, 4.69) is 4.98 Å². The van der Waals surface area contributed by atoms with Crippen LogP contribution in [0.15, 0.2) is 27.4 Å². The third-order valence-electron chi connectivity index (χ3n) is 2.23. The van der Waals surface area contributed by atoms with Gasteiger partial charge in [-0.25, -0.2) is 4.79 Å². The largest absolute Gasteiger partial charge is 0.424 e. The van der Waals surface area contributed by atoms with Crippen LogP contribution in [-0.2, 0) is 4.79 Å². The molecule has 1 N–H and O–H groups in total. The van der Waals surface area contributed by atoms with Crippen LogP contribution in [0, 0.1) is 5.41 Å². The number of esters is 1. The van der Waals surface area contributed by atoms with Gasteiger partial charge in [-0.1, -0.05) is 6.07 Å². The van der Waals surface area contributed by atoms with Gasteiger partial charge in [-0.3, -0.25) is 9.78 Å². The predicted octanol–water partition coefficient (Wildman–Crippen LogP) is 2.07. The number of benzene rings is 1. The Kier molecular flexibility index (Phi) is 2.53. The lowest BCUT2D eigenvalue weighted by molar-refractivity contribution is -0.142. The van der Waals surface area contributed by atoms with Crippen molar-refractivity contribution in [3.63, 3.8) is 0 Å². The Labute approximate surface area is 97.4 Å². The second-order valence-electron chi connectivity index (χ2n) is 4.78. The lowest BCUT2D eigenvalue weighted by Crippen LogP contribution is -2.25. The second-order valence-corrected chi connectivity index (χ2v) is 4.78. The third kappa shape index (κ3) is 2.22. The molecular weight excluding hydrogens is 222 g/mol. The van der Waals surface area contributed by atoms with E-state index < -0.39 is 11.2 Å². The van der Waals surface area contributed by atoms with Gasteiger partial charge in [0.25, 0.3) is 0 Å². The molecule has 0 aliphatic heterocycles. The first kappa shape index (κ1) is 11.4. The minimum Gasteiger partial charge on any atom is -0.424 e. The van der Waals surface area contributed by atoms with Gasteiger partial charge in [-0.15, -0.1) is 0 Å². The number of para-hydroxylation sites is 1. The van der Waals surface area contributed by atoms with Crippen LogP contribution < -0.4 is 10.5 Å². The summed E-state index contributed by atoms with van der Waals surface area (Å²) in [5.41, 5.74) is 0.163. The molecule has 0 saturated heterocycles. The Bertz CT molecular complexity index is 615. The number of hydrogen-bond acceptors (Lipinski definition) is 4. The highest BCUT2D eigenvalue weighted by Crippen LogP contribution is 2.25. The monoisotopic (exact) mass is 235 g/mol. The SMILES string of the molecule is CC(C)(C)C(=O)Oc1cccc2oc(=O)[nH]c12. The first-order valence-corrected chi connectivity index (χ1v) is 5.22. The van der Waals surface area contributed by atoms with Crippen molar-refractivity contribution in [1.82, 2.24) is 4.98 Å². The quantitative estimate of drug-likeness (QED) is 0.606. The molecule has 0 bridgehead atoms. The minimum absolute atomic E-state index is 0.299. The molecule has 0 fully saturated rings. The van der Waals surface area contributed by atoms with Gasteiger partial charge in [-0.2, -0.15) is 0 Å². The number of oxazole rings is 1. The van der Waals surface area contributed by atoms with E-state index in [1.165, 1.54) is 0 Å². The number of H-pyrrole nitrogens is 1. The normalized spacial score (nSPS) is 11.7. The van der Waals surface area contributed by atoms with Crippen LogP contribution in [0.5, 0.6) is 5.75 Å². The highest BCUT2D eigenvalue weighted by molar-refractivity contribution is 5.85. The molecule has 1 aromatic heterocycles. The molecule has 5 nitrogen and oxygen atoms in total. The molecule has 0 amide bonds. The Morgan fingerprint density at radius 1 is 1.35 bits per heavy atom. The Hall–Kier alpha value is -2.04. The van der Waals surface area contributed by atoms with E-state index in [0.29, 0.717) is 16.8 Å². The van der Waals surface area contributed by atoms with Gasteiger partial charge in [0.15, 0.2) is 11.3 Å². The summed E-state index contributed by atoms with van der Waals surface area (Å²) < 4.78 is 10.1. The van der Waals surface area contributed by atoms with Crippen LogP contribution in [0.3, 0.4) is 0 Å². The minimum atomic E-state index is -0.605. The first-order valence-electron chi connectivity index (χ1n) is 5.22. The van der Waals surface area contributed by atoms with E-state index in [1.807, 2.05) is 0 Å². The number of carbonyl (C=O) groups excluding carboxylic acids is 1. The standard InChI is InChI=1S/C12H13NO4/c1-12(2,3)10(14)16-7-5-4-6-8-9(7)13-11(15)17-8/h4-6H,1-3H3,(H,13,15). The maximum atomic E-state index is 11.7. The Morgan fingerprint density at radius 3 is 2.71 bits per heavy atom. The number of aromatic nitrogens is 1. The molecule has 1 aromatic carbocycles. The maximum absolute atomic E-state index is 11.7. The van der Waals surface area contributed by atoms with Crippen molar-refractivity contribution < 1.29 is 13.9 Å². The van der Waals surface area contributed by atoms with E-state index in [4.69, 9.17) is 9.15 Å². The van der Waals surface area contributed by atoms with Crippen LogP contribution in [0.25, 0.3) is 11.1 Å². The fraction of sp³-hybridized carbons (Fsp3) is 0.333. The van der Waals surface area contributed by atoms with E-state index in [9.17, 15) is 9.59 Å². The molecule has 0 aliphatic carbocycles. The zero-order valence-corrected chi connectivity index (χ0v) is 9.87. The lowest BCUT2D eigenvalue weighted by atomic mass is 9.97. The summed E-state index contributed by atoms with van der Waals surface area (Å²) in [6, 6.07) is 4.89. The smallest absolute Gasteiger partial charge is 0.417 e. The number of nitrogens with one attached hydrogen (secondary N) is 1. The second kappa shape index (κ2) is 3.76. The van der Waals surface area contributed by atoms with Crippen molar-refractivity contribution in [1.29, 1.82) is 0 Å². The third-order valence-corrected chi connectivity index (χ3v) is 2.23. The van der Waals surface area contributed by atoms with E-state index in [-0.39, 0.29) is 5.97 Å². The van der Waals surface area contributed by atoms with E-state index >= 15 is 0 Å². The fourth-order valence-corrected chi connectivity index (χ4v) is 1.28. The number of fused-ring (bicyclic) bond motifs is 1. The summed E-state index contributed by atoms with van der Waals surface area (Å²) in [6.07, 6.45) is 0. The van der Waals surface area contributed by atoms with Gasteiger partial charge in [-0.05, 0) is 32.9 Å². The summed E-state index contributed by atoms with van der Waals surface area (Å²) in [5.74, 6) is -0.639. The number of ether oxygens (including phenoxy) is 1. The maximum Gasteiger partial charge on any atom is 0.417 e. The lowest BCUT2D eigenvalue weighted by Gasteiger charge is -2.16. The summed E-state index contributed by atoms with van der Waals surface area (Å²) in [6.45, 7) is 5.27. The molecule has 0 spiro atoms. The van der Waals surface area contributed by atoms with Gasteiger partial charge < -0.3 is 9.15 Å². The van der Waals surface area contributed by atoms with Gasteiger partial charge >= 0.3 is 11.7 Å². The topological polar surface area (TPSA) is 72.3 Å². The molecule has 17 heavy (non-hydrogen) atoms. The molecule has 5 heteroatoms. The summed E-state index contributed by atoms with van der Waals surface area (Å²) >= 11 is 0. The van der Waals surface area contributed by atoms with Gasteiger partial charge in [0, 0.05) is 0 Å². The highest BCUT2D eigenvalue weighted by Gasteiger charge is 2.24. The molecule has 90 valence electrons. The average Bonchev–Trinajstić information content (AvgIpc) is 2.58.